The van der Waals surface area contributed by atoms with Gasteiger partial charge in [-0.15, -0.1) is 0 Å². The molecule has 3 aromatic heterocycles. The Morgan fingerprint density at radius 3 is 2.67 bits per heavy atom. The van der Waals surface area contributed by atoms with E-state index in [-0.39, 0.29) is 22.9 Å². The van der Waals surface area contributed by atoms with Crippen molar-refractivity contribution in [2.45, 2.75) is 45.6 Å². The normalized spacial score (nSPS) is 14.8. The molecular formula is C19H22N6O2. The lowest BCUT2D eigenvalue weighted by atomic mass is 10.0. The van der Waals surface area contributed by atoms with E-state index in [0.29, 0.717) is 23.0 Å². The minimum absolute atomic E-state index is 0.0660. The summed E-state index contributed by atoms with van der Waals surface area (Å²) in [6, 6.07) is 1.89. The first-order valence-corrected chi connectivity index (χ1v) is 9.15. The number of aryl methyl sites for hydroxylation is 2. The van der Waals surface area contributed by atoms with E-state index in [1.165, 1.54) is 6.92 Å². The maximum absolute atomic E-state index is 13.2. The lowest BCUT2D eigenvalue weighted by Crippen LogP contribution is -2.30. The molecule has 4 rings (SSSR count). The number of hydrogen-bond donors (Lipinski definition) is 1. The smallest absolute Gasteiger partial charge is 0.263 e. The molecule has 0 amide bonds. The summed E-state index contributed by atoms with van der Waals surface area (Å²) in [5, 5.41) is 8.08. The number of nitrogens with one attached hydrogen (secondary N) is 1. The van der Waals surface area contributed by atoms with Crippen LogP contribution < -0.4 is 10.9 Å². The van der Waals surface area contributed by atoms with Gasteiger partial charge in [0.2, 0.25) is 5.95 Å². The number of fused-ring (bicyclic) bond motifs is 1. The molecule has 0 atom stereocenters. The van der Waals surface area contributed by atoms with Gasteiger partial charge in [-0.25, -0.2) is 4.98 Å². The van der Waals surface area contributed by atoms with Crippen LogP contribution in [0.3, 0.4) is 0 Å². The Hall–Kier alpha value is -3.03. The van der Waals surface area contributed by atoms with Crippen LogP contribution in [0.4, 0.5) is 11.8 Å². The minimum Gasteiger partial charge on any atom is -0.307 e. The van der Waals surface area contributed by atoms with Gasteiger partial charge in [0.1, 0.15) is 5.65 Å². The Morgan fingerprint density at radius 2 is 2.04 bits per heavy atom. The summed E-state index contributed by atoms with van der Waals surface area (Å²) in [5.74, 6) is 0.785. The van der Waals surface area contributed by atoms with Crippen LogP contribution in [-0.4, -0.2) is 30.1 Å². The van der Waals surface area contributed by atoms with Gasteiger partial charge in [-0.1, -0.05) is 12.8 Å². The van der Waals surface area contributed by atoms with Crippen LogP contribution >= 0.6 is 0 Å². The van der Waals surface area contributed by atoms with Gasteiger partial charge in [-0.3, -0.25) is 18.8 Å². The second kappa shape index (κ2) is 6.61. The molecule has 1 aliphatic rings. The largest absolute Gasteiger partial charge is 0.307 e. The van der Waals surface area contributed by atoms with Crippen molar-refractivity contribution in [1.82, 2.24) is 24.3 Å². The van der Waals surface area contributed by atoms with Crippen molar-refractivity contribution in [3.63, 3.8) is 0 Å². The third kappa shape index (κ3) is 3.01. The van der Waals surface area contributed by atoms with Crippen molar-refractivity contribution >= 4 is 28.6 Å². The van der Waals surface area contributed by atoms with Gasteiger partial charge in [-0.05, 0) is 32.3 Å². The summed E-state index contributed by atoms with van der Waals surface area (Å²) < 4.78 is 3.39. The van der Waals surface area contributed by atoms with Gasteiger partial charge in [0, 0.05) is 36.9 Å². The van der Waals surface area contributed by atoms with E-state index in [1.807, 2.05) is 19.3 Å². The summed E-state index contributed by atoms with van der Waals surface area (Å²) in [6.07, 6.45) is 7.49. The third-order valence-electron chi connectivity index (χ3n) is 5.20. The first-order valence-electron chi connectivity index (χ1n) is 9.15. The number of carbonyl (C=O) groups is 1. The molecule has 0 saturated heterocycles. The van der Waals surface area contributed by atoms with Gasteiger partial charge in [0.25, 0.3) is 5.56 Å². The fraction of sp³-hybridized carbons (Fsp3) is 0.421. The summed E-state index contributed by atoms with van der Waals surface area (Å²) >= 11 is 0. The third-order valence-corrected chi connectivity index (χ3v) is 5.20. The van der Waals surface area contributed by atoms with E-state index in [9.17, 15) is 9.59 Å². The zero-order valence-electron chi connectivity index (χ0n) is 15.7. The van der Waals surface area contributed by atoms with Crippen LogP contribution in [0.25, 0.3) is 11.0 Å². The van der Waals surface area contributed by atoms with Crippen LogP contribution in [0.15, 0.2) is 23.3 Å². The first-order chi connectivity index (χ1) is 13.0. The molecule has 0 unspecified atom stereocenters. The molecular weight excluding hydrogens is 344 g/mol. The van der Waals surface area contributed by atoms with Crippen LogP contribution in [0, 0.1) is 6.92 Å². The molecule has 1 saturated carbocycles. The molecule has 0 radical (unpaired) electrons. The van der Waals surface area contributed by atoms with E-state index in [1.54, 1.807) is 22.4 Å². The number of hydrogen-bond acceptors (Lipinski definition) is 6. The standard InChI is InChI=1S/C19H22N6O2/c1-11-14-10-20-19(21-15-8-9-24(3)23-15)22-17(14)25(13-6-4-5-7-13)18(27)16(11)12(2)26/h8-10,13H,4-7H2,1-3H3,(H,20,21,22,23). The average Bonchev–Trinajstić information content (AvgIpc) is 3.27. The Labute approximate surface area is 156 Å². The van der Waals surface area contributed by atoms with E-state index in [2.05, 4.69) is 20.4 Å². The van der Waals surface area contributed by atoms with Crippen molar-refractivity contribution in [2.24, 2.45) is 7.05 Å². The molecule has 0 bridgehead atoms. The quantitative estimate of drug-likeness (QED) is 0.714. The molecule has 140 valence electrons. The molecule has 1 aliphatic carbocycles. The van der Waals surface area contributed by atoms with Crippen molar-refractivity contribution in [3.05, 3.63) is 39.9 Å². The Bertz CT molecular complexity index is 1090. The average molecular weight is 366 g/mol. The molecule has 1 N–H and O–H groups in total. The molecule has 27 heavy (non-hydrogen) atoms. The Morgan fingerprint density at radius 1 is 1.30 bits per heavy atom. The Kier molecular flexibility index (Phi) is 4.25. The number of rotatable bonds is 4. The fourth-order valence-electron chi connectivity index (χ4n) is 3.91. The highest BCUT2D eigenvalue weighted by Gasteiger charge is 2.25. The topological polar surface area (TPSA) is 94.7 Å². The molecule has 8 nitrogen and oxygen atoms in total. The number of nitrogens with zero attached hydrogens (tertiary/aromatic N) is 5. The van der Waals surface area contributed by atoms with Crippen LogP contribution in [-0.2, 0) is 7.05 Å². The van der Waals surface area contributed by atoms with Crippen molar-refractivity contribution in [1.29, 1.82) is 0 Å². The summed E-state index contributed by atoms with van der Waals surface area (Å²) in [6.45, 7) is 3.22. The highest BCUT2D eigenvalue weighted by Crippen LogP contribution is 2.32. The highest BCUT2D eigenvalue weighted by atomic mass is 16.1. The monoisotopic (exact) mass is 366 g/mol. The minimum atomic E-state index is -0.248. The zero-order valence-corrected chi connectivity index (χ0v) is 15.7. The summed E-state index contributed by atoms with van der Waals surface area (Å²) in [5.41, 5.74) is 1.20. The predicted molar refractivity (Wildman–Crippen MR) is 103 cm³/mol. The lowest BCUT2D eigenvalue weighted by molar-refractivity contribution is 0.101. The van der Waals surface area contributed by atoms with Crippen LogP contribution in [0.5, 0.6) is 0 Å². The fourth-order valence-corrected chi connectivity index (χ4v) is 3.91. The van der Waals surface area contributed by atoms with Gasteiger partial charge in [0.15, 0.2) is 11.6 Å². The molecule has 3 heterocycles. The molecule has 0 aromatic carbocycles. The van der Waals surface area contributed by atoms with Crippen molar-refractivity contribution in [2.75, 3.05) is 5.32 Å². The number of pyridine rings is 1. The number of ketones is 1. The molecule has 3 aromatic rings. The second-order valence-corrected chi connectivity index (χ2v) is 7.10. The maximum atomic E-state index is 13.2. The van der Waals surface area contributed by atoms with Crippen LogP contribution in [0.2, 0.25) is 0 Å². The molecule has 8 heteroatoms. The highest BCUT2D eigenvalue weighted by molar-refractivity contribution is 5.99. The lowest BCUT2D eigenvalue weighted by Gasteiger charge is -2.19. The first kappa shape index (κ1) is 17.4. The predicted octanol–water partition coefficient (Wildman–Crippen LogP) is 2.89. The van der Waals surface area contributed by atoms with Crippen molar-refractivity contribution < 1.29 is 4.79 Å². The second-order valence-electron chi connectivity index (χ2n) is 7.10. The zero-order chi connectivity index (χ0) is 19.1. The van der Waals surface area contributed by atoms with Gasteiger partial charge in [0.05, 0.1) is 5.56 Å². The number of anilines is 2. The van der Waals surface area contributed by atoms with Gasteiger partial charge >= 0.3 is 0 Å². The molecule has 0 aliphatic heterocycles. The van der Waals surface area contributed by atoms with Crippen LogP contribution in [0.1, 0.15) is 54.6 Å². The number of aromatic nitrogens is 5. The molecule has 0 spiro atoms. The SMILES string of the molecule is CC(=O)c1c(C)c2cnc(Nc3ccn(C)n3)nc2n(C2CCCC2)c1=O. The number of Topliss-reactive ketones (excluding diaryl/α,β-unsaturated/α-hetero) is 1. The van der Waals surface area contributed by atoms with E-state index < -0.39 is 0 Å². The molecule has 1 fully saturated rings. The van der Waals surface area contributed by atoms with E-state index in [0.717, 1.165) is 31.1 Å². The number of carbonyl (C=O) groups excluding carboxylic acids is 1. The Balaban J connectivity index is 1.93. The maximum Gasteiger partial charge on any atom is 0.263 e. The van der Waals surface area contributed by atoms with E-state index >= 15 is 0 Å². The van der Waals surface area contributed by atoms with Crippen molar-refractivity contribution in [3.8, 4) is 0 Å². The van der Waals surface area contributed by atoms with E-state index in [4.69, 9.17) is 0 Å². The summed E-state index contributed by atoms with van der Waals surface area (Å²) in [4.78, 5) is 34.3. The summed E-state index contributed by atoms with van der Waals surface area (Å²) in [7, 11) is 1.83. The van der Waals surface area contributed by atoms with Gasteiger partial charge in [-0.2, -0.15) is 10.1 Å². The van der Waals surface area contributed by atoms with Gasteiger partial charge < -0.3 is 5.32 Å².